The Morgan fingerprint density at radius 1 is 0.681 bits per heavy atom. The van der Waals surface area contributed by atoms with E-state index in [9.17, 15) is 5.11 Å². The Labute approximate surface area is 282 Å². The molecular weight excluding hydrogens is 637 g/mol. The van der Waals surface area contributed by atoms with Crippen molar-refractivity contribution in [2.45, 2.75) is 82.8 Å². The van der Waals surface area contributed by atoms with Gasteiger partial charge < -0.3 is 38.3 Å². The Bertz CT molecular complexity index is 1850. The molecule has 0 aliphatic carbocycles. The number of methoxy groups -OCH3 is 2. The van der Waals surface area contributed by atoms with Crippen LogP contribution in [0, 0.1) is 0 Å². The van der Waals surface area contributed by atoms with Crippen molar-refractivity contribution in [3.63, 3.8) is 0 Å². The summed E-state index contributed by atoms with van der Waals surface area (Å²) in [6.45, 7) is 6.26. The van der Waals surface area contributed by atoms with Crippen molar-refractivity contribution < 1.29 is 38.3 Å². The first-order valence-electron chi connectivity index (χ1n) is 15.8. The second-order valence-corrected chi connectivity index (χ2v) is 14.4. The fraction of sp³-hybridized carbons (Fsp3) is 0.351. The molecule has 0 saturated carbocycles. The smallest absolute Gasteiger partial charge is 0.225 e. The van der Waals surface area contributed by atoms with E-state index < -0.39 is 17.7 Å². The van der Waals surface area contributed by atoms with Crippen LogP contribution in [0.2, 0.25) is 0 Å². The Balaban J connectivity index is 1.16. The van der Waals surface area contributed by atoms with Crippen molar-refractivity contribution >= 4 is 23.5 Å². The van der Waals surface area contributed by atoms with Crippen molar-refractivity contribution in [3.05, 3.63) is 95.1 Å². The first kappa shape index (κ1) is 30.9. The fourth-order valence-corrected chi connectivity index (χ4v) is 9.67. The lowest BCUT2D eigenvalue weighted by Gasteiger charge is -2.46. The van der Waals surface area contributed by atoms with Crippen LogP contribution in [0.4, 0.5) is 0 Å². The number of phenolic OH excluding ortho intramolecular Hbond substituents is 1. The van der Waals surface area contributed by atoms with Gasteiger partial charge in [-0.05, 0) is 63.6 Å². The largest absolute Gasteiger partial charge is 0.504 e. The normalized spacial score (nSPS) is 28.7. The van der Waals surface area contributed by atoms with E-state index in [-0.39, 0.29) is 30.7 Å². The summed E-state index contributed by atoms with van der Waals surface area (Å²) in [5.41, 5.74) is 3.53. The van der Waals surface area contributed by atoms with Crippen LogP contribution in [0.1, 0.15) is 49.4 Å². The third-order valence-electron chi connectivity index (χ3n) is 9.19. The summed E-state index contributed by atoms with van der Waals surface area (Å²) in [6, 6.07) is 23.6. The molecule has 8 rings (SSSR count). The molecule has 1 N–H and O–H groups in total. The van der Waals surface area contributed by atoms with E-state index in [4.69, 9.17) is 33.2 Å². The maximum absolute atomic E-state index is 11.2. The molecule has 4 aromatic carbocycles. The van der Waals surface area contributed by atoms with Crippen LogP contribution in [-0.2, 0) is 30.5 Å². The third kappa shape index (κ3) is 4.75. The molecule has 8 nitrogen and oxygen atoms in total. The van der Waals surface area contributed by atoms with Gasteiger partial charge in [-0.2, -0.15) is 0 Å². The molecule has 0 bridgehead atoms. The Kier molecular flexibility index (Phi) is 7.66. The SMILES string of the molecule is COc1ccc2c(c1OC)Sc1ccccc1C21OC(C)C(COc2c(O)ccc3c2Sc2ccccc2C32OC(C)CC(C)O2)O1. The number of hydrogen-bond acceptors (Lipinski definition) is 10. The highest BCUT2D eigenvalue weighted by Crippen LogP contribution is 2.59. The van der Waals surface area contributed by atoms with Crippen LogP contribution in [0.3, 0.4) is 0 Å². The zero-order valence-electron chi connectivity index (χ0n) is 26.8. The molecule has 4 aliphatic rings. The van der Waals surface area contributed by atoms with Gasteiger partial charge in [-0.25, -0.2) is 0 Å². The highest BCUT2D eigenvalue weighted by Gasteiger charge is 2.54. The molecule has 2 spiro atoms. The van der Waals surface area contributed by atoms with Crippen LogP contribution >= 0.6 is 23.5 Å². The molecule has 4 aliphatic heterocycles. The van der Waals surface area contributed by atoms with Crippen LogP contribution in [0.5, 0.6) is 23.0 Å². The van der Waals surface area contributed by atoms with Gasteiger partial charge in [0.1, 0.15) is 12.7 Å². The Hall–Kier alpha value is -3.38. The number of rotatable bonds is 5. The minimum Gasteiger partial charge on any atom is -0.504 e. The number of fused-ring (bicyclic) bond motifs is 8. The van der Waals surface area contributed by atoms with E-state index >= 15 is 0 Å². The first-order valence-corrected chi connectivity index (χ1v) is 17.4. The molecule has 244 valence electrons. The Morgan fingerprint density at radius 3 is 1.87 bits per heavy atom. The van der Waals surface area contributed by atoms with Crippen molar-refractivity contribution in [1.82, 2.24) is 0 Å². The molecule has 5 atom stereocenters. The standard InChI is InChI=1S/C37H36O8S2/c1-20-18-21(2)43-36(42-20)23-10-6-8-12-30(23)46-34-25(36)14-16-27(38)32(34)41-19-29-22(3)44-37(45-29)24-11-7-9-13-31(24)47-35-26(37)15-17-28(39-4)33(35)40-5/h6-17,20-22,29,38H,18-19H2,1-5H3. The lowest BCUT2D eigenvalue weighted by Crippen LogP contribution is -2.47. The van der Waals surface area contributed by atoms with Gasteiger partial charge in [0, 0.05) is 32.0 Å². The number of phenols is 1. The predicted octanol–water partition coefficient (Wildman–Crippen LogP) is 7.84. The summed E-state index contributed by atoms with van der Waals surface area (Å²) in [5, 5.41) is 11.2. The third-order valence-corrected chi connectivity index (χ3v) is 11.6. The van der Waals surface area contributed by atoms with E-state index in [0.29, 0.717) is 17.2 Å². The van der Waals surface area contributed by atoms with Crippen molar-refractivity contribution in [2.75, 3.05) is 20.8 Å². The van der Waals surface area contributed by atoms with Gasteiger partial charge in [-0.1, -0.05) is 59.9 Å². The summed E-state index contributed by atoms with van der Waals surface area (Å²) in [6.07, 6.45) is -0.0877. The summed E-state index contributed by atoms with van der Waals surface area (Å²) < 4.78 is 45.1. The van der Waals surface area contributed by atoms with Gasteiger partial charge >= 0.3 is 0 Å². The summed E-state index contributed by atoms with van der Waals surface area (Å²) in [5.74, 6) is -0.636. The van der Waals surface area contributed by atoms with E-state index in [0.717, 1.165) is 48.3 Å². The lowest BCUT2D eigenvalue weighted by molar-refractivity contribution is -0.300. The zero-order valence-corrected chi connectivity index (χ0v) is 28.4. The minimum absolute atomic E-state index is 0.0278. The molecule has 2 saturated heterocycles. The van der Waals surface area contributed by atoms with E-state index in [1.54, 1.807) is 43.8 Å². The van der Waals surface area contributed by atoms with E-state index in [1.165, 1.54) is 0 Å². The highest BCUT2D eigenvalue weighted by molar-refractivity contribution is 8.00. The van der Waals surface area contributed by atoms with Gasteiger partial charge in [0.2, 0.25) is 11.6 Å². The number of benzene rings is 4. The second kappa shape index (κ2) is 11.6. The summed E-state index contributed by atoms with van der Waals surface area (Å²) in [4.78, 5) is 3.63. The highest BCUT2D eigenvalue weighted by atomic mass is 32.2. The van der Waals surface area contributed by atoms with Gasteiger partial charge in [-0.15, -0.1) is 0 Å². The summed E-state index contributed by atoms with van der Waals surface area (Å²) in [7, 11) is 3.27. The zero-order chi connectivity index (χ0) is 32.5. The predicted molar refractivity (Wildman–Crippen MR) is 177 cm³/mol. The molecule has 0 radical (unpaired) electrons. The maximum Gasteiger partial charge on any atom is 0.225 e. The molecule has 4 aromatic rings. The van der Waals surface area contributed by atoms with Crippen LogP contribution in [0.25, 0.3) is 0 Å². The minimum atomic E-state index is -1.18. The fourth-order valence-electron chi connectivity index (χ4n) is 7.15. The van der Waals surface area contributed by atoms with E-state index in [1.807, 2.05) is 61.5 Å². The summed E-state index contributed by atoms with van der Waals surface area (Å²) >= 11 is 3.15. The molecule has 5 unspecified atom stereocenters. The molecule has 2 fully saturated rings. The van der Waals surface area contributed by atoms with Crippen LogP contribution in [-0.4, -0.2) is 50.3 Å². The average Bonchev–Trinajstić information content (AvgIpc) is 3.39. The number of aromatic hydroxyl groups is 1. The van der Waals surface area contributed by atoms with Crippen molar-refractivity contribution in [2.24, 2.45) is 0 Å². The molecule has 10 heteroatoms. The van der Waals surface area contributed by atoms with E-state index in [2.05, 4.69) is 26.0 Å². The number of hydrogen-bond donors (Lipinski definition) is 1. The molecule has 0 amide bonds. The van der Waals surface area contributed by atoms with Crippen molar-refractivity contribution in [1.29, 1.82) is 0 Å². The quantitative estimate of drug-likeness (QED) is 0.226. The monoisotopic (exact) mass is 672 g/mol. The Morgan fingerprint density at radius 2 is 1.26 bits per heavy atom. The molecular formula is C37H36O8S2. The molecule has 4 heterocycles. The first-order chi connectivity index (χ1) is 22.8. The topological polar surface area (TPSA) is 84.8 Å². The average molecular weight is 673 g/mol. The maximum atomic E-state index is 11.2. The molecule has 47 heavy (non-hydrogen) atoms. The van der Waals surface area contributed by atoms with Crippen LogP contribution < -0.4 is 14.2 Å². The molecule has 0 aromatic heterocycles. The second-order valence-electron chi connectivity index (χ2n) is 12.3. The van der Waals surface area contributed by atoms with Gasteiger partial charge in [0.15, 0.2) is 23.0 Å². The van der Waals surface area contributed by atoms with Gasteiger partial charge in [0.05, 0.1) is 42.3 Å². The van der Waals surface area contributed by atoms with Crippen LogP contribution in [0.15, 0.2) is 92.4 Å². The van der Waals surface area contributed by atoms with Gasteiger partial charge in [0.25, 0.3) is 0 Å². The van der Waals surface area contributed by atoms with Gasteiger partial charge in [-0.3, -0.25) is 0 Å². The van der Waals surface area contributed by atoms with Crippen molar-refractivity contribution in [3.8, 4) is 23.0 Å². The number of ether oxygens (including phenoxy) is 7. The lowest BCUT2D eigenvalue weighted by atomic mass is 9.93.